The number of halogens is 1. The van der Waals surface area contributed by atoms with Crippen LogP contribution in [0.2, 0.25) is 5.02 Å². The van der Waals surface area contributed by atoms with Crippen LogP contribution in [0.25, 0.3) is 0 Å². The van der Waals surface area contributed by atoms with Crippen LogP contribution in [0.15, 0.2) is 66.2 Å². The van der Waals surface area contributed by atoms with E-state index in [2.05, 4.69) is 11.4 Å². The van der Waals surface area contributed by atoms with Crippen LogP contribution in [0.4, 0.5) is 0 Å². The largest absolute Gasteiger partial charge is 0.354 e. The number of benzene rings is 2. The zero-order valence-corrected chi connectivity index (χ0v) is 18.9. The molecule has 3 rings (SSSR count). The molecule has 0 heterocycles. The molecule has 0 aromatic heterocycles. The van der Waals surface area contributed by atoms with E-state index in [1.165, 1.54) is 18.4 Å². The fourth-order valence-corrected chi connectivity index (χ4v) is 3.99. The van der Waals surface area contributed by atoms with Crippen LogP contribution in [0.5, 0.6) is 0 Å². The molecule has 2 aromatic carbocycles. The molecule has 4 nitrogen and oxygen atoms in total. The third-order valence-electron chi connectivity index (χ3n) is 5.76. The molecule has 0 bridgehead atoms. The van der Waals surface area contributed by atoms with Crippen LogP contribution in [0.3, 0.4) is 0 Å². The Kier molecular flexibility index (Phi) is 8.72. The molecule has 164 valence electrons. The maximum absolute atomic E-state index is 13.2. The van der Waals surface area contributed by atoms with Crippen molar-refractivity contribution in [2.75, 3.05) is 6.54 Å². The Bertz CT molecular complexity index is 893. The Morgan fingerprint density at radius 2 is 1.77 bits per heavy atom. The van der Waals surface area contributed by atoms with E-state index in [1.807, 2.05) is 42.5 Å². The second-order valence-corrected chi connectivity index (χ2v) is 8.57. The molecule has 0 unspecified atom stereocenters. The molecule has 1 atom stereocenters. The minimum Gasteiger partial charge on any atom is -0.354 e. The number of carbonyl (C=O) groups is 2. The zero-order valence-electron chi connectivity index (χ0n) is 18.1. The molecule has 1 N–H and O–H groups in total. The maximum atomic E-state index is 13.2. The van der Waals surface area contributed by atoms with Crippen molar-refractivity contribution >= 4 is 23.4 Å². The number of nitrogens with one attached hydrogen (secondary N) is 1. The van der Waals surface area contributed by atoms with Crippen molar-refractivity contribution < 1.29 is 9.59 Å². The van der Waals surface area contributed by atoms with Crippen molar-refractivity contribution in [2.45, 2.75) is 58.0 Å². The summed E-state index contributed by atoms with van der Waals surface area (Å²) >= 11 is 5.96. The van der Waals surface area contributed by atoms with Gasteiger partial charge in [-0.05, 0) is 62.3 Å². The Balaban J connectivity index is 1.65. The highest BCUT2D eigenvalue weighted by Crippen LogP contribution is 2.19. The lowest BCUT2D eigenvalue weighted by Crippen LogP contribution is -2.48. The lowest BCUT2D eigenvalue weighted by molar-refractivity contribution is -0.140. The third kappa shape index (κ3) is 7.25. The van der Waals surface area contributed by atoms with Gasteiger partial charge in [-0.3, -0.25) is 9.59 Å². The van der Waals surface area contributed by atoms with Gasteiger partial charge in [-0.25, -0.2) is 0 Å². The highest BCUT2D eigenvalue weighted by Gasteiger charge is 2.26. The van der Waals surface area contributed by atoms with Gasteiger partial charge in [0.1, 0.15) is 6.04 Å². The SMILES string of the molecule is C[C@H](C(=O)NCCC1=CCCCC1)N(Cc1ccccc1)C(=O)Cc1ccc(Cl)cc1. The van der Waals surface area contributed by atoms with Gasteiger partial charge in [0.25, 0.3) is 0 Å². The molecule has 2 amide bonds. The number of allylic oxidation sites excluding steroid dienone is 1. The monoisotopic (exact) mass is 438 g/mol. The summed E-state index contributed by atoms with van der Waals surface area (Å²) in [6.45, 7) is 2.81. The average molecular weight is 439 g/mol. The fraction of sp³-hybridized carbons (Fsp3) is 0.385. The minimum atomic E-state index is -0.555. The number of hydrogen-bond donors (Lipinski definition) is 1. The number of rotatable bonds is 9. The summed E-state index contributed by atoms with van der Waals surface area (Å²) in [5.74, 6) is -0.194. The minimum absolute atomic E-state index is 0.0798. The summed E-state index contributed by atoms with van der Waals surface area (Å²) in [5, 5.41) is 3.67. The van der Waals surface area contributed by atoms with E-state index in [1.54, 1.807) is 24.0 Å². The quantitative estimate of drug-likeness (QED) is 0.539. The smallest absolute Gasteiger partial charge is 0.242 e. The molecule has 0 spiro atoms. The van der Waals surface area contributed by atoms with Crippen LogP contribution in [0, 0.1) is 0 Å². The van der Waals surface area contributed by atoms with E-state index < -0.39 is 6.04 Å². The highest BCUT2D eigenvalue weighted by molar-refractivity contribution is 6.30. The van der Waals surface area contributed by atoms with E-state index in [0.29, 0.717) is 18.1 Å². The summed E-state index contributed by atoms with van der Waals surface area (Å²) in [5.41, 5.74) is 3.31. The fourth-order valence-electron chi connectivity index (χ4n) is 3.87. The Hall–Kier alpha value is -2.59. The second-order valence-electron chi connectivity index (χ2n) is 8.14. The standard InChI is InChI=1S/C26H31ClN2O2/c1-20(26(31)28-17-16-21-8-4-2-5-9-21)29(19-23-10-6-3-7-11-23)25(30)18-22-12-14-24(27)15-13-22/h3,6-8,10-15,20H,2,4-5,9,16-19H2,1H3,(H,28,31)/t20-/m1/s1. The van der Waals surface area contributed by atoms with E-state index >= 15 is 0 Å². The average Bonchev–Trinajstić information content (AvgIpc) is 2.80. The van der Waals surface area contributed by atoms with Crippen LogP contribution in [0.1, 0.15) is 50.2 Å². The zero-order chi connectivity index (χ0) is 22.1. The van der Waals surface area contributed by atoms with Gasteiger partial charge in [0.2, 0.25) is 11.8 Å². The number of amides is 2. The molecular weight excluding hydrogens is 408 g/mol. The van der Waals surface area contributed by atoms with Gasteiger partial charge < -0.3 is 10.2 Å². The van der Waals surface area contributed by atoms with Gasteiger partial charge in [0, 0.05) is 18.1 Å². The van der Waals surface area contributed by atoms with Gasteiger partial charge >= 0.3 is 0 Å². The molecule has 0 saturated carbocycles. The first-order chi connectivity index (χ1) is 15.0. The van der Waals surface area contributed by atoms with Crippen molar-refractivity contribution in [3.63, 3.8) is 0 Å². The Morgan fingerprint density at radius 1 is 1.03 bits per heavy atom. The van der Waals surface area contributed by atoms with Crippen molar-refractivity contribution in [3.05, 3.63) is 82.4 Å². The summed E-state index contributed by atoms with van der Waals surface area (Å²) in [7, 11) is 0. The van der Waals surface area contributed by atoms with Gasteiger partial charge in [-0.15, -0.1) is 0 Å². The summed E-state index contributed by atoms with van der Waals surface area (Å²) < 4.78 is 0. The van der Waals surface area contributed by atoms with Crippen LogP contribution in [-0.2, 0) is 22.6 Å². The number of hydrogen-bond acceptors (Lipinski definition) is 2. The first-order valence-corrected chi connectivity index (χ1v) is 11.4. The molecule has 0 radical (unpaired) electrons. The number of nitrogens with zero attached hydrogens (tertiary/aromatic N) is 1. The predicted octanol–water partition coefficient (Wildman–Crippen LogP) is 5.31. The normalized spacial score (nSPS) is 14.5. The summed E-state index contributed by atoms with van der Waals surface area (Å²) in [6, 6.07) is 16.5. The van der Waals surface area contributed by atoms with Crippen LogP contribution in [-0.4, -0.2) is 29.3 Å². The van der Waals surface area contributed by atoms with Gasteiger partial charge in [-0.2, -0.15) is 0 Å². The summed E-state index contributed by atoms with van der Waals surface area (Å²) in [4.78, 5) is 27.7. The van der Waals surface area contributed by atoms with Crippen molar-refractivity contribution in [1.82, 2.24) is 10.2 Å². The summed E-state index contributed by atoms with van der Waals surface area (Å²) in [6.07, 6.45) is 8.19. The van der Waals surface area contributed by atoms with Crippen molar-refractivity contribution in [1.29, 1.82) is 0 Å². The van der Waals surface area contributed by atoms with Crippen LogP contribution >= 0.6 is 11.6 Å². The maximum Gasteiger partial charge on any atom is 0.242 e. The Labute approximate surface area is 190 Å². The van der Waals surface area contributed by atoms with Crippen molar-refractivity contribution in [3.8, 4) is 0 Å². The van der Waals surface area contributed by atoms with Crippen molar-refractivity contribution in [2.24, 2.45) is 0 Å². The van der Waals surface area contributed by atoms with Gasteiger partial charge in [0.15, 0.2) is 0 Å². The molecule has 0 aliphatic heterocycles. The van der Waals surface area contributed by atoms with E-state index in [9.17, 15) is 9.59 Å². The topological polar surface area (TPSA) is 49.4 Å². The Morgan fingerprint density at radius 3 is 2.45 bits per heavy atom. The number of carbonyl (C=O) groups excluding carboxylic acids is 2. The second kappa shape index (κ2) is 11.7. The molecule has 0 fully saturated rings. The van der Waals surface area contributed by atoms with E-state index in [0.717, 1.165) is 30.4 Å². The lowest BCUT2D eigenvalue weighted by atomic mass is 9.97. The predicted molar refractivity (Wildman–Crippen MR) is 126 cm³/mol. The molecule has 0 saturated heterocycles. The van der Waals surface area contributed by atoms with Crippen LogP contribution < -0.4 is 5.32 Å². The van der Waals surface area contributed by atoms with E-state index in [4.69, 9.17) is 11.6 Å². The lowest BCUT2D eigenvalue weighted by Gasteiger charge is -2.29. The molecule has 1 aliphatic carbocycles. The molecule has 1 aliphatic rings. The third-order valence-corrected chi connectivity index (χ3v) is 6.01. The van der Waals surface area contributed by atoms with Gasteiger partial charge in [-0.1, -0.05) is 65.7 Å². The molecule has 5 heteroatoms. The molecule has 2 aromatic rings. The molecule has 31 heavy (non-hydrogen) atoms. The van der Waals surface area contributed by atoms with Gasteiger partial charge in [0.05, 0.1) is 6.42 Å². The first kappa shape index (κ1) is 23.1. The van der Waals surface area contributed by atoms with E-state index in [-0.39, 0.29) is 18.2 Å². The first-order valence-electron chi connectivity index (χ1n) is 11.1. The highest BCUT2D eigenvalue weighted by atomic mass is 35.5. The molecular formula is C26H31ClN2O2.